The number of carbonyl (C=O) groups is 2. The second kappa shape index (κ2) is 10.9. The van der Waals surface area contributed by atoms with Gasteiger partial charge in [0.05, 0.1) is 31.5 Å². The molecule has 7 heteroatoms. The van der Waals surface area contributed by atoms with Crippen LogP contribution in [0.3, 0.4) is 0 Å². The van der Waals surface area contributed by atoms with E-state index in [-0.39, 0.29) is 17.9 Å². The van der Waals surface area contributed by atoms with E-state index in [1.807, 2.05) is 62.4 Å². The van der Waals surface area contributed by atoms with Gasteiger partial charge in [0.1, 0.15) is 18.1 Å². The Bertz CT molecular complexity index is 1540. The quantitative estimate of drug-likeness (QED) is 0.170. The number of benzene rings is 3. The van der Waals surface area contributed by atoms with Crippen LogP contribution in [-0.2, 0) is 22.7 Å². The molecule has 1 saturated heterocycles. The molecular formula is C32H29NO6. The Morgan fingerprint density at radius 1 is 0.949 bits per heavy atom. The molecule has 0 aliphatic carbocycles. The molecule has 1 aliphatic heterocycles. The number of methoxy groups -OCH3 is 1. The van der Waals surface area contributed by atoms with E-state index in [1.165, 1.54) is 18.3 Å². The number of aliphatic hydroxyl groups excluding tert-OH is 1. The standard InChI is InChI=1S/C32H29NO6/c1-20-11-12-21(2)25(16-20)30(34)28-29(33(32(36)31(28)35)18-24-10-7-15-38-24)23-13-14-26(27(17-23)37-3)39-19-22-8-5-4-6-9-22/h4-17,29,34H,18-19H2,1-3H3/b30-28+. The lowest BCUT2D eigenvalue weighted by Gasteiger charge is -2.25. The molecule has 5 rings (SSSR count). The zero-order chi connectivity index (χ0) is 27.5. The number of aryl methyl sites for hydroxylation is 2. The van der Waals surface area contributed by atoms with Crippen LogP contribution < -0.4 is 9.47 Å². The van der Waals surface area contributed by atoms with Crippen molar-refractivity contribution in [3.63, 3.8) is 0 Å². The fraction of sp³-hybridized carbons (Fsp3) is 0.188. The van der Waals surface area contributed by atoms with Crippen LogP contribution in [0.1, 0.15) is 39.6 Å². The van der Waals surface area contributed by atoms with Crippen molar-refractivity contribution in [2.75, 3.05) is 7.11 Å². The summed E-state index contributed by atoms with van der Waals surface area (Å²) in [7, 11) is 1.53. The molecule has 0 spiro atoms. The number of rotatable bonds is 8. The molecule has 2 heterocycles. The number of hydrogen-bond acceptors (Lipinski definition) is 6. The maximum atomic E-state index is 13.4. The molecule has 1 aliphatic rings. The van der Waals surface area contributed by atoms with E-state index in [2.05, 4.69) is 0 Å². The molecule has 0 bridgehead atoms. The van der Waals surface area contributed by atoms with E-state index in [4.69, 9.17) is 13.9 Å². The molecule has 3 aromatic carbocycles. The van der Waals surface area contributed by atoms with Gasteiger partial charge in [-0.3, -0.25) is 9.59 Å². The molecule has 1 atom stereocenters. The first kappa shape index (κ1) is 25.9. The summed E-state index contributed by atoms with van der Waals surface area (Å²) < 4.78 is 17.1. The van der Waals surface area contributed by atoms with Gasteiger partial charge in [0.15, 0.2) is 11.5 Å². The lowest BCUT2D eigenvalue weighted by molar-refractivity contribution is -0.140. The van der Waals surface area contributed by atoms with E-state index >= 15 is 0 Å². The third-order valence-corrected chi connectivity index (χ3v) is 6.84. The molecule has 39 heavy (non-hydrogen) atoms. The minimum absolute atomic E-state index is 0.0141. The summed E-state index contributed by atoms with van der Waals surface area (Å²) in [4.78, 5) is 28.2. The van der Waals surface area contributed by atoms with Gasteiger partial charge in [-0.2, -0.15) is 0 Å². The van der Waals surface area contributed by atoms with E-state index in [0.29, 0.717) is 35.0 Å². The topological polar surface area (TPSA) is 89.2 Å². The highest BCUT2D eigenvalue weighted by Crippen LogP contribution is 2.43. The van der Waals surface area contributed by atoms with Crippen molar-refractivity contribution in [3.8, 4) is 11.5 Å². The third-order valence-electron chi connectivity index (χ3n) is 6.84. The van der Waals surface area contributed by atoms with Crippen molar-refractivity contribution in [2.24, 2.45) is 0 Å². The van der Waals surface area contributed by atoms with E-state index in [1.54, 1.807) is 30.3 Å². The highest BCUT2D eigenvalue weighted by Gasteiger charge is 2.46. The van der Waals surface area contributed by atoms with Crippen LogP contribution in [0.5, 0.6) is 11.5 Å². The Balaban J connectivity index is 1.59. The number of ketones is 1. The number of aliphatic hydroxyl groups is 1. The Kier molecular flexibility index (Phi) is 7.23. The Labute approximate surface area is 226 Å². The van der Waals surface area contributed by atoms with E-state index < -0.39 is 17.7 Å². The summed E-state index contributed by atoms with van der Waals surface area (Å²) in [6.07, 6.45) is 1.51. The summed E-state index contributed by atoms with van der Waals surface area (Å²) in [5.74, 6) is -0.213. The molecule has 1 N–H and O–H groups in total. The number of nitrogens with zero attached hydrogens (tertiary/aromatic N) is 1. The lowest BCUT2D eigenvalue weighted by Crippen LogP contribution is -2.29. The molecule has 1 fully saturated rings. The highest BCUT2D eigenvalue weighted by molar-refractivity contribution is 6.46. The zero-order valence-electron chi connectivity index (χ0n) is 22.0. The van der Waals surface area contributed by atoms with Gasteiger partial charge in [0.2, 0.25) is 0 Å². The first-order chi connectivity index (χ1) is 18.9. The second-order valence-electron chi connectivity index (χ2n) is 9.51. The monoisotopic (exact) mass is 523 g/mol. The summed E-state index contributed by atoms with van der Waals surface area (Å²) >= 11 is 0. The van der Waals surface area contributed by atoms with E-state index in [0.717, 1.165) is 16.7 Å². The van der Waals surface area contributed by atoms with Gasteiger partial charge in [-0.15, -0.1) is 0 Å². The largest absolute Gasteiger partial charge is 0.507 e. The Morgan fingerprint density at radius 3 is 2.46 bits per heavy atom. The van der Waals surface area contributed by atoms with Crippen LogP contribution in [0.4, 0.5) is 0 Å². The van der Waals surface area contributed by atoms with Crippen LogP contribution in [0.15, 0.2) is 95.1 Å². The van der Waals surface area contributed by atoms with Crippen molar-refractivity contribution >= 4 is 17.4 Å². The predicted molar refractivity (Wildman–Crippen MR) is 146 cm³/mol. The summed E-state index contributed by atoms with van der Waals surface area (Å²) in [5, 5.41) is 11.5. The molecule has 0 radical (unpaired) electrons. The van der Waals surface area contributed by atoms with Gasteiger partial charge in [0.25, 0.3) is 11.7 Å². The fourth-order valence-electron chi connectivity index (χ4n) is 4.80. The number of ether oxygens (including phenoxy) is 2. The van der Waals surface area contributed by atoms with Crippen LogP contribution >= 0.6 is 0 Å². The van der Waals surface area contributed by atoms with Crippen molar-refractivity contribution < 1.29 is 28.6 Å². The molecule has 1 amide bonds. The number of carbonyl (C=O) groups excluding carboxylic acids is 2. The smallest absolute Gasteiger partial charge is 0.296 e. The van der Waals surface area contributed by atoms with Gasteiger partial charge >= 0.3 is 0 Å². The molecule has 1 aromatic heterocycles. The van der Waals surface area contributed by atoms with Gasteiger partial charge in [-0.05, 0) is 60.9 Å². The van der Waals surface area contributed by atoms with Crippen LogP contribution in [-0.4, -0.2) is 28.8 Å². The van der Waals surface area contributed by atoms with Gasteiger partial charge in [-0.1, -0.05) is 54.1 Å². The number of Topliss-reactive ketones (excluding diaryl/α,β-unsaturated/α-hetero) is 1. The summed E-state index contributed by atoms with van der Waals surface area (Å²) in [6.45, 7) is 4.16. The Morgan fingerprint density at radius 2 is 1.74 bits per heavy atom. The summed E-state index contributed by atoms with van der Waals surface area (Å²) in [6, 6.07) is 23.2. The lowest BCUT2D eigenvalue weighted by atomic mass is 9.93. The molecular weight excluding hydrogens is 494 g/mol. The van der Waals surface area contributed by atoms with Crippen molar-refractivity contribution in [1.82, 2.24) is 4.90 Å². The van der Waals surface area contributed by atoms with Gasteiger partial charge < -0.3 is 23.9 Å². The minimum atomic E-state index is -0.868. The van der Waals surface area contributed by atoms with E-state index in [9.17, 15) is 14.7 Å². The van der Waals surface area contributed by atoms with Gasteiger partial charge in [-0.25, -0.2) is 0 Å². The van der Waals surface area contributed by atoms with Crippen molar-refractivity contribution in [3.05, 3.63) is 124 Å². The molecule has 7 nitrogen and oxygen atoms in total. The van der Waals surface area contributed by atoms with Crippen LogP contribution in [0, 0.1) is 13.8 Å². The fourth-order valence-corrected chi connectivity index (χ4v) is 4.80. The molecule has 4 aromatic rings. The van der Waals surface area contributed by atoms with Crippen molar-refractivity contribution in [1.29, 1.82) is 0 Å². The van der Waals surface area contributed by atoms with Crippen LogP contribution in [0.2, 0.25) is 0 Å². The predicted octanol–water partition coefficient (Wildman–Crippen LogP) is 6.11. The third kappa shape index (κ3) is 5.16. The number of furan rings is 1. The maximum Gasteiger partial charge on any atom is 0.296 e. The Hall–Kier alpha value is -4.78. The number of likely N-dealkylation sites (tertiary alicyclic amines) is 1. The maximum absolute atomic E-state index is 13.4. The minimum Gasteiger partial charge on any atom is -0.507 e. The SMILES string of the molecule is COc1cc(C2/C(=C(\O)c3cc(C)ccc3C)C(=O)C(=O)N2Cc2ccco2)ccc1OCc1ccccc1. The average Bonchev–Trinajstić information content (AvgIpc) is 3.55. The molecule has 1 unspecified atom stereocenters. The number of amides is 1. The first-order valence-electron chi connectivity index (χ1n) is 12.6. The van der Waals surface area contributed by atoms with Crippen LogP contribution in [0.25, 0.3) is 5.76 Å². The molecule has 198 valence electrons. The van der Waals surface area contributed by atoms with Gasteiger partial charge in [0, 0.05) is 5.56 Å². The normalized spacial score (nSPS) is 16.5. The van der Waals surface area contributed by atoms with Crippen molar-refractivity contribution in [2.45, 2.75) is 33.0 Å². The number of hydrogen-bond donors (Lipinski definition) is 1. The zero-order valence-corrected chi connectivity index (χ0v) is 22.0. The molecule has 0 saturated carbocycles. The first-order valence-corrected chi connectivity index (χ1v) is 12.6. The average molecular weight is 524 g/mol. The highest BCUT2D eigenvalue weighted by atomic mass is 16.5. The second-order valence-corrected chi connectivity index (χ2v) is 9.51. The summed E-state index contributed by atoms with van der Waals surface area (Å²) in [5.41, 5.74) is 3.83.